The predicted octanol–water partition coefficient (Wildman–Crippen LogP) is -1.24. The summed E-state index contributed by atoms with van der Waals surface area (Å²) in [6.07, 6.45) is 2.67. The van der Waals surface area contributed by atoms with Gasteiger partial charge in [-0.3, -0.25) is 14.5 Å². The van der Waals surface area contributed by atoms with Crippen LogP contribution in [-0.4, -0.2) is 66.9 Å². The van der Waals surface area contributed by atoms with Crippen molar-refractivity contribution >= 4 is 11.8 Å². The fourth-order valence-corrected chi connectivity index (χ4v) is 2.48. The van der Waals surface area contributed by atoms with Gasteiger partial charge in [-0.1, -0.05) is 0 Å². The minimum atomic E-state index is -0.594. The maximum absolute atomic E-state index is 12.2. The Morgan fingerprint density at radius 1 is 1.22 bits per heavy atom. The number of nitrogens with one attached hydrogen (secondary N) is 1. The van der Waals surface area contributed by atoms with E-state index in [1.54, 1.807) is 7.05 Å². The summed E-state index contributed by atoms with van der Waals surface area (Å²) < 4.78 is 0. The third kappa shape index (κ3) is 2.64. The van der Waals surface area contributed by atoms with Crippen LogP contribution in [0.15, 0.2) is 0 Å². The number of nitrogens with zero attached hydrogens (tertiary/aromatic N) is 2. The van der Waals surface area contributed by atoms with Crippen LogP contribution in [0.4, 0.5) is 0 Å². The molecule has 0 unspecified atom stereocenters. The van der Waals surface area contributed by atoms with E-state index in [-0.39, 0.29) is 11.8 Å². The minimum Gasteiger partial charge on any atom is -0.358 e. The van der Waals surface area contributed by atoms with Crippen LogP contribution >= 0.6 is 0 Å². The largest absolute Gasteiger partial charge is 0.358 e. The lowest BCUT2D eigenvalue weighted by atomic mass is 9.76. The van der Waals surface area contributed by atoms with Crippen LogP contribution in [0.3, 0.4) is 0 Å². The second kappa shape index (κ2) is 5.24. The Morgan fingerprint density at radius 2 is 1.83 bits per heavy atom. The predicted molar refractivity (Wildman–Crippen MR) is 67.9 cm³/mol. The first kappa shape index (κ1) is 13.3. The number of hydrogen-bond acceptors (Lipinski definition) is 4. The van der Waals surface area contributed by atoms with Gasteiger partial charge in [-0.15, -0.1) is 0 Å². The Labute approximate surface area is 107 Å². The van der Waals surface area contributed by atoms with Crippen LogP contribution in [0.1, 0.15) is 19.3 Å². The topological polar surface area (TPSA) is 78.7 Å². The standard InChI is InChI=1S/C12H22N4O2/c1-14-10(17)9-15-5-7-16(8-6-15)11(18)12(13)3-2-4-12/h2-9,13H2,1H3,(H,14,17). The smallest absolute Gasteiger partial charge is 0.242 e. The first-order chi connectivity index (χ1) is 8.55. The molecule has 1 saturated heterocycles. The summed E-state index contributed by atoms with van der Waals surface area (Å²) in [6.45, 7) is 3.25. The third-order valence-corrected chi connectivity index (χ3v) is 3.98. The quantitative estimate of drug-likeness (QED) is 0.660. The molecule has 102 valence electrons. The first-order valence-corrected chi connectivity index (χ1v) is 6.56. The Kier molecular flexibility index (Phi) is 3.87. The number of nitrogens with two attached hydrogens (primary N) is 1. The molecule has 0 aromatic rings. The maximum atomic E-state index is 12.2. The van der Waals surface area contributed by atoms with E-state index < -0.39 is 5.54 Å². The Hall–Kier alpha value is -1.14. The van der Waals surface area contributed by atoms with Gasteiger partial charge in [-0.2, -0.15) is 0 Å². The zero-order valence-corrected chi connectivity index (χ0v) is 10.9. The van der Waals surface area contributed by atoms with E-state index >= 15 is 0 Å². The minimum absolute atomic E-state index is 0.0177. The molecule has 1 aliphatic carbocycles. The Bertz CT molecular complexity index is 333. The van der Waals surface area contributed by atoms with E-state index in [0.717, 1.165) is 32.4 Å². The van der Waals surface area contributed by atoms with Gasteiger partial charge >= 0.3 is 0 Å². The number of amides is 2. The van der Waals surface area contributed by atoms with E-state index in [4.69, 9.17) is 5.73 Å². The van der Waals surface area contributed by atoms with Crippen molar-refractivity contribution in [3.05, 3.63) is 0 Å². The van der Waals surface area contributed by atoms with Gasteiger partial charge in [0.2, 0.25) is 11.8 Å². The fraction of sp³-hybridized carbons (Fsp3) is 0.833. The number of carbonyl (C=O) groups excluding carboxylic acids is 2. The van der Waals surface area contributed by atoms with Crippen molar-refractivity contribution < 1.29 is 9.59 Å². The van der Waals surface area contributed by atoms with Crippen molar-refractivity contribution in [2.24, 2.45) is 5.73 Å². The van der Waals surface area contributed by atoms with Crippen molar-refractivity contribution in [2.45, 2.75) is 24.8 Å². The maximum Gasteiger partial charge on any atom is 0.242 e. The van der Waals surface area contributed by atoms with Crippen molar-refractivity contribution in [2.75, 3.05) is 39.8 Å². The molecule has 2 aliphatic rings. The summed E-state index contributed by atoms with van der Waals surface area (Å²) in [6, 6.07) is 0. The van der Waals surface area contributed by atoms with Crippen molar-refractivity contribution in [3.8, 4) is 0 Å². The lowest BCUT2D eigenvalue weighted by Crippen LogP contribution is -2.62. The van der Waals surface area contributed by atoms with Gasteiger partial charge in [0.15, 0.2) is 0 Å². The van der Waals surface area contributed by atoms with Crippen LogP contribution < -0.4 is 11.1 Å². The molecule has 6 nitrogen and oxygen atoms in total. The number of piperazine rings is 1. The van der Waals surface area contributed by atoms with Crippen LogP contribution in [-0.2, 0) is 9.59 Å². The Balaban J connectivity index is 1.79. The summed E-state index contributed by atoms with van der Waals surface area (Å²) in [5, 5.41) is 2.61. The zero-order valence-electron chi connectivity index (χ0n) is 10.9. The molecule has 2 amide bonds. The highest BCUT2D eigenvalue weighted by Gasteiger charge is 2.43. The molecule has 0 bridgehead atoms. The van der Waals surface area contributed by atoms with Crippen LogP contribution in [0.25, 0.3) is 0 Å². The van der Waals surface area contributed by atoms with Crippen LogP contribution in [0.2, 0.25) is 0 Å². The number of rotatable bonds is 3. The SMILES string of the molecule is CNC(=O)CN1CCN(C(=O)C2(N)CCC2)CC1. The Morgan fingerprint density at radius 3 is 2.28 bits per heavy atom. The van der Waals surface area contributed by atoms with E-state index in [9.17, 15) is 9.59 Å². The van der Waals surface area contributed by atoms with E-state index in [1.165, 1.54) is 0 Å². The van der Waals surface area contributed by atoms with Gasteiger partial charge in [0, 0.05) is 33.2 Å². The first-order valence-electron chi connectivity index (χ1n) is 6.56. The highest BCUT2D eigenvalue weighted by molar-refractivity contribution is 5.87. The van der Waals surface area contributed by atoms with Crippen molar-refractivity contribution in [1.82, 2.24) is 15.1 Å². The summed E-state index contributed by atoms with van der Waals surface area (Å²) in [5.74, 6) is 0.109. The van der Waals surface area contributed by atoms with Gasteiger partial charge in [-0.25, -0.2) is 0 Å². The number of hydrogen-bond donors (Lipinski definition) is 2. The van der Waals surface area contributed by atoms with Crippen LogP contribution in [0.5, 0.6) is 0 Å². The molecule has 2 rings (SSSR count). The molecule has 1 heterocycles. The molecule has 0 atom stereocenters. The third-order valence-electron chi connectivity index (χ3n) is 3.98. The molecular formula is C12H22N4O2. The number of carbonyl (C=O) groups is 2. The van der Waals surface area contributed by atoms with Gasteiger partial charge < -0.3 is 16.0 Å². The second-order valence-electron chi connectivity index (χ2n) is 5.25. The normalized spacial score (nSPS) is 23.3. The molecular weight excluding hydrogens is 232 g/mol. The molecule has 3 N–H and O–H groups in total. The second-order valence-corrected chi connectivity index (χ2v) is 5.25. The zero-order chi connectivity index (χ0) is 13.2. The average molecular weight is 254 g/mol. The highest BCUT2D eigenvalue weighted by atomic mass is 16.2. The fourth-order valence-electron chi connectivity index (χ4n) is 2.48. The van der Waals surface area contributed by atoms with Gasteiger partial charge in [0.25, 0.3) is 0 Å². The summed E-state index contributed by atoms with van der Waals surface area (Å²) >= 11 is 0. The molecule has 0 aromatic heterocycles. The molecule has 0 aromatic carbocycles. The summed E-state index contributed by atoms with van der Waals surface area (Å²) in [4.78, 5) is 27.4. The monoisotopic (exact) mass is 254 g/mol. The highest BCUT2D eigenvalue weighted by Crippen LogP contribution is 2.31. The summed E-state index contributed by atoms with van der Waals surface area (Å²) in [7, 11) is 1.64. The lowest BCUT2D eigenvalue weighted by molar-refractivity contribution is -0.142. The van der Waals surface area contributed by atoms with Crippen molar-refractivity contribution in [1.29, 1.82) is 0 Å². The van der Waals surface area contributed by atoms with Gasteiger partial charge in [0.05, 0.1) is 12.1 Å². The molecule has 0 radical (unpaired) electrons. The average Bonchev–Trinajstić information content (AvgIpc) is 2.36. The van der Waals surface area contributed by atoms with E-state index in [2.05, 4.69) is 10.2 Å². The molecule has 0 spiro atoms. The van der Waals surface area contributed by atoms with Crippen LogP contribution in [0, 0.1) is 0 Å². The van der Waals surface area contributed by atoms with E-state index in [0.29, 0.717) is 19.6 Å². The molecule has 6 heteroatoms. The molecule has 1 saturated carbocycles. The van der Waals surface area contributed by atoms with E-state index in [1.807, 2.05) is 4.90 Å². The lowest BCUT2D eigenvalue weighted by Gasteiger charge is -2.43. The van der Waals surface area contributed by atoms with Gasteiger partial charge in [-0.05, 0) is 19.3 Å². The summed E-state index contributed by atoms with van der Waals surface area (Å²) in [5.41, 5.74) is 5.45. The van der Waals surface area contributed by atoms with Gasteiger partial charge in [0.1, 0.15) is 0 Å². The molecule has 2 fully saturated rings. The molecule has 1 aliphatic heterocycles. The number of likely N-dealkylation sites (N-methyl/N-ethyl adjacent to an activating group) is 1. The van der Waals surface area contributed by atoms with Crippen molar-refractivity contribution in [3.63, 3.8) is 0 Å². The molecule has 18 heavy (non-hydrogen) atoms.